The van der Waals surface area contributed by atoms with Crippen LogP contribution in [0.2, 0.25) is 0 Å². The van der Waals surface area contributed by atoms with Crippen molar-refractivity contribution in [2.75, 3.05) is 10.5 Å². The van der Waals surface area contributed by atoms with Gasteiger partial charge in [0.1, 0.15) is 0 Å². The Morgan fingerprint density at radius 3 is 2.80 bits per heavy atom. The Labute approximate surface area is 87.0 Å². The second-order valence-corrected chi connectivity index (χ2v) is 4.67. The zero-order valence-electron chi connectivity index (χ0n) is 7.97. The Kier molecular flexibility index (Phi) is 3.25. The van der Waals surface area contributed by atoms with E-state index in [0.29, 0.717) is 11.3 Å². The van der Waals surface area contributed by atoms with Gasteiger partial charge in [-0.1, -0.05) is 0 Å². The minimum Gasteiger partial charge on any atom is -0.480 e. The Morgan fingerprint density at radius 1 is 1.60 bits per heavy atom. The van der Waals surface area contributed by atoms with Gasteiger partial charge < -0.3 is 5.11 Å². The SMILES string of the molecule is Cc1ccncc1NS(=O)(=O)CC(=O)O. The lowest BCUT2D eigenvalue weighted by atomic mass is 10.3. The van der Waals surface area contributed by atoms with E-state index in [1.807, 2.05) is 0 Å². The van der Waals surface area contributed by atoms with Crippen molar-refractivity contribution in [3.63, 3.8) is 0 Å². The molecule has 0 radical (unpaired) electrons. The van der Waals surface area contributed by atoms with Crippen molar-refractivity contribution in [1.29, 1.82) is 0 Å². The van der Waals surface area contributed by atoms with Crippen molar-refractivity contribution in [1.82, 2.24) is 4.98 Å². The van der Waals surface area contributed by atoms with Gasteiger partial charge in [-0.2, -0.15) is 0 Å². The van der Waals surface area contributed by atoms with Gasteiger partial charge in [0.2, 0.25) is 10.0 Å². The zero-order valence-corrected chi connectivity index (χ0v) is 8.78. The molecule has 0 saturated heterocycles. The summed E-state index contributed by atoms with van der Waals surface area (Å²) in [6.07, 6.45) is 2.85. The number of aryl methyl sites for hydroxylation is 1. The molecule has 0 aliphatic heterocycles. The van der Waals surface area contributed by atoms with E-state index in [4.69, 9.17) is 5.11 Å². The van der Waals surface area contributed by atoms with Crippen LogP contribution in [0.15, 0.2) is 18.5 Å². The molecular weight excluding hydrogens is 220 g/mol. The van der Waals surface area contributed by atoms with Crippen molar-refractivity contribution < 1.29 is 18.3 Å². The number of aliphatic carboxylic acids is 1. The summed E-state index contributed by atoms with van der Waals surface area (Å²) in [4.78, 5) is 14.0. The highest BCUT2D eigenvalue weighted by atomic mass is 32.2. The van der Waals surface area contributed by atoms with Crippen LogP contribution >= 0.6 is 0 Å². The minimum atomic E-state index is -3.85. The largest absolute Gasteiger partial charge is 0.480 e. The van der Waals surface area contributed by atoms with E-state index in [1.54, 1.807) is 13.0 Å². The summed E-state index contributed by atoms with van der Waals surface area (Å²) in [5.41, 5.74) is 0.970. The number of rotatable bonds is 4. The number of carboxylic acid groups (broad SMARTS) is 1. The number of carboxylic acids is 1. The van der Waals surface area contributed by atoms with Crippen LogP contribution in [0, 0.1) is 6.92 Å². The summed E-state index contributed by atoms with van der Waals surface area (Å²) in [7, 11) is -3.85. The van der Waals surface area contributed by atoms with Crippen molar-refractivity contribution in [2.24, 2.45) is 0 Å². The van der Waals surface area contributed by atoms with E-state index < -0.39 is 21.7 Å². The predicted molar refractivity (Wildman–Crippen MR) is 54.0 cm³/mol. The number of anilines is 1. The fourth-order valence-corrected chi connectivity index (χ4v) is 1.88. The third-order valence-electron chi connectivity index (χ3n) is 1.62. The van der Waals surface area contributed by atoms with Crippen LogP contribution < -0.4 is 4.72 Å². The molecule has 1 aromatic heterocycles. The van der Waals surface area contributed by atoms with Crippen LogP contribution in [0.4, 0.5) is 5.69 Å². The molecule has 7 heteroatoms. The molecule has 15 heavy (non-hydrogen) atoms. The Bertz CT molecular complexity index is 469. The molecular formula is C8H10N2O4S. The summed E-state index contributed by atoms with van der Waals surface area (Å²) in [5.74, 6) is -2.36. The number of carbonyl (C=O) groups is 1. The lowest BCUT2D eigenvalue weighted by Gasteiger charge is -2.07. The molecule has 2 N–H and O–H groups in total. The van der Waals surface area contributed by atoms with Gasteiger partial charge in [-0.05, 0) is 18.6 Å². The average Bonchev–Trinajstić information content (AvgIpc) is 2.06. The van der Waals surface area contributed by atoms with Crippen molar-refractivity contribution in [2.45, 2.75) is 6.92 Å². The lowest BCUT2D eigenvalue weighted by Crippen LogP contribution is -2.22. The van der Waals surface area contributed by atoms with Gasteiger partial charge in [0.05, 0.1) is 11.9 Å². The fraction of sp³-hybridized carbons (Fsp3) is 0.250. The molecule has 0 amide bonds. The van der Waals surface area contributed by atoms with Gasteiger partial charge in [-0.15, -0.1) is 0 Å². The first-order chi connectivity index (χ1) is 6.91. The Hall–Kier alpha value is -1.63. The number of pyridine rings is 1. The van der Waals surface area contributed by atoms with Gasteiger partial charge in [-0.25, -0.2) is 8.42 Å². The standard InChI is InChI=1S/C8H10N2O4S/c1-6-2-3-9-4-7(6)10-15(13,14)5-8(11)12/h2-4,10H,5H2,1H3,(H,11,12). The van der Waals surface area contributed by atoms with E-state index >= 15 is 0 Å². The monoisotopic (exact) mass is 230 g/mol. The van der Waals surface area contributed by atoms with Crippen LogP contribution in [0.1, 0.15) is 5.56 Å². The highest BCUT2D eigenvalue weighted by Crippen LogP contribution is 2.13. The van der Waals surface area contributed by atoms with Crippen molar-refractivity contribution in [3.8, 4) is 0 Å². The van der Waals surface area contributed by atoms with Gasteiger partial charge in [0.15, 0.2) is 5.75 Å². The number of hydrogen-bond donors (Lipinski definition) is 2. The molecule has 0 saturated carbocycles. The predicted octanol–water partition coefficient (Wildman–Crippen LogP) is 0.216. The van der Waals surface area contributed by atoms with E-state index in [-0.39, 0.29) is 0 Å². The third kappa shape index (κ3) is 3.55. The Morgan fingerprint density at radius 2 is 2.27 bits per heavy atom. The number of aromatic nitrogens is 1. The summed E-state index contributed by atoms with van der Waals surface area (Å²) in [6, 6.07) is 1.62. The number of nitrogens with one attached hydrogen (secondary N) is 1. The molecule has 0 aromatic carbocycles. The van der Waals surface area contributed by atoms with Crippen LogP contribution in [-0.4, -0.2) is 30.2 Å². The molecule has 1 aromatic rings. The molecule has 0 fully saturated rings. The number of sulfonamides is 1. The number of hydrogen-bond acceptors (Lipinski definition) is 4. The molecule has 82 valence electrons. The second-order valence-electron chi connectivity index (χ2n) is 2.95. The van der Waals surface area contributed by atoms with E-state index in [1.165, 1.54) is 12.4 Å². The van der Waals surface area contributed by atoms with E-state index in [9.17, 15) is 13.2 Å². The van der Waals surface area contributed by atoms with Crippen LogP contribution in [-0.2, 0) is 14.8 Å². The van der Waals surface area contributed by atoms with E-state index in [2.05, 4.69) is 9.71 Å². The molecule has 0 unspecified atom stereocenters. The first-order valence-electron chi connectivity index (χ1n) is 4.03. The highest BCUT2D eigenvalue weighted by Gasteiger charge is 2.16. The normalized spacial score (nSPS) is 11.0. The third-order valence-corrected chi connectivity index (χ3v) is 2.78. The van der Waals surface area contributed by atoms with Crippen LogP contribution in [0.3, 0.4) is 0 Å². The molecule has 0 aliphatic carbocycles. The summed E-state index contributed by atoms with van der Waals surface area (Å²) in [5, 5.41) is 8.36. The molecule has 1 rings (SSSR count). The zero-order chi connectivity index (χ0) is 11.5. The summed E-state index contributed by atoms with van der Waals surface area (Å²) in [6.45, 7) is 1.69. The van der Waals surface area contributed by atoms with Gasteiger partial charge in [0, 0.05) is 6.20 Å². The molecule has 0 bridgehead atoms. The van der Waals surface area contributed by atoms with E-state index in [0.717, 1.165) is 0 Å². The van der Waals surface area contributed by atoms with Crippen molar-refractivity contribution in [3.05, 3.63) is 24.0 Å². The molecule has 6 nitrogen and oxygen atoms in total. The van der Waals surface area contributed by atoms with Gasteiger partial charge in [-0.3, -0.25) is 14.5 Å². The summed E-state index contributed by atoms with van der Waals surface area (Å²) < 4.78 is 24.6. The number of nitrogens with zero attached hydrogens (tertiary/aromatic N) is 1. The fourth-order valence-electron chi connectivity index (χ4n) is 0.937. The Balaban J connectivity index is 2.87. The smallest absolute Gasteiger partial charge is 0.320 e. The molecule has 1 heterocycles. The first kappa shape index (κ1) is 11.4. The second kappa shape index (κ2) is 4.26. The maximum absolute atomic E-state index is 11.2. The molecule has 0 aliphatic rings. The summed E-state index contributed by atoms with van der Waals surface area (Å²) >= 11 is 0. The highest BCUT2D eigenvalue weighted by molar-refractivity contribution is 7.93. The lowest BCUT2D eigenvalue weighted by molar-refractivity contribution is -0.134. The maximum atomic E-state index is 11.2. The van der Waals surface area contributed by atoms with Gasteiger partial charge >= 0.3 is 5.97 Å². The quantitative estimate of drug-likeness (QED) is 0.771. The molecule has 0 atom stereocenters. The van der Waals surface area contributed by atoms with Gasteiger partial charge in [0.25, 0.3) is 0 Å². The topological polar surface area (TPSA) is 96.4 Å². The average molecular weight is 230 g/mol. The van der Waals surface area contributed by atoms with Crippen LogP contribution in [0.25, 0.3) is 0 Å². The molecule has 0 spiro atoms. The van der Waals surface area contributed by atoms with Crippen molar-refractivity contribution >= 4 is 21.7 Å². The van der Waals surface area contributed by atoms with Crippen LogP contribution in [0.5, 0.6) is 0 Å². The first-order valence-corrected chi connectivity index (χ1v) is 5.69. The maximum Gasteiger partial charge on any atom is 0.320 e. The minimum absolute atomic E-state index is 0.291.